The van der Waals surface area contributed by atoms with Crippen molar-refractivity contribution < 1.29 is 17.9 Å². The Hall–Kier alpha value is -1.80. The van der Waals surface area contributed by atoms with Crippen LogP contribution in [0.15, 0.2) is 24.3 Å². The van der Waals surface area contributed by atoms with E-state index < -0.39 is 22.3 Å². The molecule has 20 heavy (non-hydrogen) atoms. The molecule has 0 fully saturated rings. The first-order valence-electron chi connectivity index (χ1n) is 6.06. The van der Waals surface area contributed by atoms with Gasteiger partial charge in [-0.05, 0) is 31.5 Å². The number of anilines is 1. The van der Waals surface area contributed by atoms with Gasteiger partial charge >= 0.3 is 16.3 Å². The Morgan fingerprint density at radius 3 is 2.70 bits per heavy atom. The Morgan fingerprint density at radius 2 is 2.15 bits per heavy atom. The summed E-state index contributed by atoms with van der Waals surface area (Å²) < 4.78 is 31.4. The van der Waals surface area contributed by atoms with E-state index in [1.54, 1.807) is 38.1 Å². The third kappa shape index (κ3) is 4.10. The molecule has 1 amide bonds. The molecule has 1 rings (SSSR count). The Balaban J connectivity index is 2.87. The minimum atomic E-state index is -3.97. The molecule has 0 bridgehead atoms. The normalized spacial score (nSPS) is 13.0. The maximum Gasteiger partial charge on any atom is 0.421 e. The molecule has 7 nitrogen and oxygen atoms in total. The summed E-state index contributed by atoms with van der Waals surface area (Å²) in [6, 6.07) is 6.41. The molecule has 1 aromatic carbocycles. The minimum Gasteiger partial charge on any atom is -0.449 e. The van der Waals surface area contributed by atoms with Gasteiger partial charge in [0.1, 0.15) is 0 Å². The molecule has 0 aliphatic carbocycles. The summed E-state index contributed by atoms with van der Waals surface area (Å²) in [6.45, 7) is 3.38. The first kappa shape index (κ1) is 16.3. The lowest BCUT2D eigenvalue weighted by atomic mass is 10.1. The number of rotatable bonds is 5. The molecule has 0 radical (unpaired) electrons. The highest BCUT2D eigenvalue weighted by Gasteiger charge is 2.26. The fourth-order valence-electron chi connectivity index (χ4n) is 1.57. The molecule has 0 aliphatic rings. The largest absolute Gasteiger partial charge is 0.449 e. The third-order valence-electron chi connectivity index (χ3n) is 2.81. The molecule has 3 N–H and O–H groups in total. The molecule has 8 heteroatoms. The topological polar surface area (TPSA) is 102 Å². The van der Waals surface area contributed by atoms with Gasteiger partial charge in [0.25, 0.3) is 0 Å². The van der Waals surface area contributed by atoms with Crippen LogP contribution in [-0.2, 0) is 14.9 Å². The zero-order valence-electron chi connectivity index (χ0n) is 11.7. The van der Waals surface area contributed by atoms with Crippen molar-refractivity contribution in [1.82, 2.24) is 9.03 Å². The molecule has 0 saturated heterocycles. The molecule has 1 aromatic rings. The van der Waals surface area contributed by atoms with Crippen LogP contribution in [0.2, 0.25) is 0 Å². The quantitative estimate of drug-likeness (QED) is 0.797. The molecular weight excluding hydrogens is 282 g/mol. The monoisotopic (exact) mass is 301 g/mol. The van der Waals surface area contributed by atoms with Crippen LogP contribution >= 0.6 is 0 Å². The summed E-state index contributed by atoms with van der Waals surface area (Å²) >= 11 is 0. The van der Waals surface area contributed by atoms with Crippen LogP contribution in [-0.4, -0.2) is 32.5 Å². The highest BCUT2D eigenvalue weighted by molar-refractivity contribution is 7.87. The summed E-state index contributed by atoms with van der Waals surface area (Å²) in [4.78, 5) is 11.2. The van der Waals surface area contributed by atoms with E-state index in [2.05, 4.69) is 4.74 Å². The molecule has 1 unspecified atom stereocenters. The van der Waals surface area contributed by atoms with Gasteiger partial charge in [-0.15, -0.1) is 0 Å². The smallest absolute Gasteiger partial charge is 0.421 e. The highest BCUT2D eigenvalue weighted by Crippen LogP contribution is 2.22. The van der Waals surface area contributed by atoms with Crippen molar-refractivity contribution in [2.24, 2.45) is 0 Å². The van der Waals surface area contributed by atoms with E-state index in [0.29, 0.717) is 5.69 Å². The zero-order chi connectivity index (χ0) is 15.3. The van der Waals surface area contributed by atoms with Crippen molar-refractivity contribution in [3.05, 3.63) is 29.8 Å². The van der Waals surface area contributed by atoms with E-state index in [0.717, 1.165) is 9.87 Å². The lowest BCUT2D eigenvalue weighted by Crippen LogP contribution is -2.42. The number of nitrogens with one attached hydrogen (secondary N) is 1. The van der Waals surface area contributed by atoms with E-state index in [-0.39, 0.29) is 6.61 Å². The summed E-state index contributed by atoms with van der Waals surface area (Å²) in [7, 11) is -2.60. The number of carbonyl (C=O) groups excluding carboxylic acids is 1. The molecule has 0 saturated carbocycles. The number of nitrogen functional groups attached to an aromatic ring is 1. The van der Waals surface area contributed by atoms with E-state index in [4.69, 9.17) is 5.73 Å². The predicted octanol–water partition coefficient (Wildman–Crippen LogP) is 1.25. The average Bonchev–Trinajstić information content (AvgIpc) is 2.36. The van der Waals surface area contributed by atoms with E-state index in [1.807, 2.05) is 4.72 Å². The van der Waals surface area contributed by atoms with Gasteiger partial charge in [-0.3, -0.25) is 0 Å². The Kier molecular flexibility index (Phi) is 5.34. The van der Waals surface area contributed by atoms with Crippen molar-refractivity contribution in [2.45, 2.75) is 19.9 Å². The number of benzene rings is 1. The standard InChI is InChI=1S/C12H19N3O4S/c1-4-19-12(16)14-20(17,18)15(3)9(2)10-6-5-7-11(13)8-10/h5-9H,4,13H2,1-3H3,(H,14,16). The number of nitrogens with two attached hydrogens (primary N) is 1. The van der Waals surface area contributed by atoms with Crippen LogP contribution in [0.5, 0.6) is 0 Å². The van der Waals surface area contributed by atoms with Gasteiger partial charge in [-0.1, -0.05) is 12.1 Å². The van der Waals surface area contributed by atoms with Crippen molar-refractivity contribution in [3.63, 3.8) is 0 Å². The Morgan fingerprint density at radius 1 is 1.50 bits per heavy atom. The van der Waals surface area contributed by atoms with Crippen LogP contribution < -0.4 is 10.5 Å². The molecule has 0 spiro atoms. The van der Waals surface area contributed by atoms with Crippen molar-refractivity contribution >= 4 is 22.0 Å². The van der Waals surface area contributed by atoms with Gasteiger partial charge in [-0.2, -0.15) is 12.7 Å². The molecular formula is C12H19N3O4S. The second kappa shape index (κ2) is 6.58. The van der Waals surface area contributed by atoms with E-state index in [1.165, 1.54) is 7.05 Å². The summed E-state index contributed by atoms with van der Waals surface area (Å²) in [5, 5.41) is 0. The van der Waals surface area contributed by atoms with Gasteiger partial charge in [-0.25, -0.2) is 9.52 Å². The number of carbonyl (C=O) groups is 1. The van der Waals surface area contributed by atoms with Gasteiger partial charge < -0.3 is 10.5 Å². The summed E-state index contributed by atoms with van der Waals surface area (Å²) in [5.41, 5.74) is 6.93. The summed E-state index contributed by atoms with van der Waals surface area (Å²) in [5.74, 6) is 0. The molecule has 1 atom stereocenters. The van der Waals surface area contributed by atoms with Crippen LogP contribution in [0.25, 0.3) is 0 Å². The molecule has 0 aromatic heterocycles. The van der Waals surface area contributed by atoms with Crippen molar-refractivity contribution in [1.29, 1.82) is 0 Å². The van der Waals surface area contributed by atoms with Crippen LogP contribution in [0.1, 0.15) is 25.5 Å². The maximum absolute atomic E-state index is 12.0. The Labute approximate surface area is 118 Å². The number of ether oxygens (including phenoxy) is 1. The number of hydrogen-bond donors (Lipinski definition) is 2. The average molecular weight is 301 g/mol. The molecule has 0 heterocycles. The highest BCUT2D eigenvalue weighted by atomic mass is 32.2. The van der Waals surface area contributed by atoms with Gasteiger partial charge in [0, 0.05) is 18.8 Å². The summed E-state index contributed by atoms with van der Waals surface area (Å²) in [6.07, 6.45) is -1.00. The maximum atomic E-state index is 12.0. The molecule has 0 aliphatic heterocycles. The minimum absolute atomic E-state index is 0.0931. The van der Waals surface area contributed by atoms with E-state index >= 15 is 0 Å². The van der Waals surface area contributed by atoms with Crippen LogP contribution in [0.3, 0.4) is 0 Å². The second-order valence-corrected chi connectivity index (χ2v) is 5.92. The second-order valence-electron chi connectivity index (χ2n) is 4.19. The SMILES string of the molecule is CCOC(=O)NS(=O)(=O)N(C)C(C)c1cccc(N)c1. The van der Waals surface area contributed by atoms with E-state index in [9.17, 15) is 13.2 Å². The number of amides is 1. The van der Waals surface area contributed by atoms with Gasteiger partial charge in [0.05, 0.1) is 6.61 Å². The van der Waals surface area contributed by atoms with Gasteiger partial charge in [0.15, 0.2) is 0 Å². The molecule has 112 valence electrons. The lowest BCUT2D eigenvalue weighted by Gasteiger charge is -2.24. The van der Waals surface area contributed by atoms with Crippen LogP contribution in [0, 0.1) is 0 Å². The first-order chi connectivity index (χ1) is 9.27. The Bertz CT molecular complexity index is 574. The van der Waals surface area contributed by atoms with Crippen molar-refractivity contribution in [2.75, 3.05) is 19.4 Å². The fourth-order valence-corrected chi connectivity index (χ4v) is 2.53. The zero-order valence-corrected chi connectivity index (χ0v) is 12.5. The van der Waals surface area contributed by atoms with Gasteiger partial charge in [0.2, 0.25) is 0 Å². The predicted molar refractivity (Wildman–Crippen MR) is 76.1 cm³/mol. The number of nitrogens with zero attached hydrogens (tertiary/aromatic N) is 1. The first-order valence-corrected chi connectivity index (χ1v) is 7.50. The van der Waals surface area contributed by atoms with Crippen molar-refractivity contribution in [3.8, 4) is 0 Å². The number of hydrogen-bond acceptors (Lipinski definition) is 5. The lowest BCUT2D eigenvalue weighted by molar-refractivity contribution is 0.158. The third-order valence-corrected chi connectivity index (χ3v) is 4.30. The fraction of sp³-hybridized carbons (Fsp3) is 0.417. The van der Waals surface area contributed by atoms with Crippen LogP contribution in [0.4, 0.5) is 10.5 Å².